The van der Waals surface area contributed by atoms with E-state index in [1.165, 1.54) is 6.08 Å². The summed E-state index contributed by atoms with van der Waals surface area (Å²) >= 11 is 0. The second kappa shape index (κ2) is 3.20. The summed E-state index contributed by atoms with van der Waals surface area (Å²) in [6.07, 6.45) is 1.60. The molecular weight excluding hydrogens is 130 g/mol. The molecule has 0 spiro atoms. The number of rotatable bonds is 3. The third-order valence-electron chi connectivity index (χ3n) is 1.34. The predicted molar refractivity (Wildman–Crippen MR) is 38.6 cm³/mol. The number of carbonyl (C=O) groups is 1. The summed E-state index contributed by atoms with van der Waals surface area (Å²) in [6, 6.07) is 0. The summed E-state index contributed by atoms with van der Waals surface area (Å²) in [5.41, 5.74) is 6.46. The maximum absolute atomic E-state index is 10.4. The molecule has 0 amide bonds. The maximum Gasteiger partial charge on any atom is 0.328 e. The van der Waals surface area contributed by atoms with Crippen LogP contribution in [0.2, 0.25) is 0 Å². The first kappa shape index (κ1) is 8.95. The zero-order chi connectivity index (χ0) is 8.20. The van der Waals surface area contributed by atoms with Gasteiger partial charge in [0.25, 0.3) is 0 Å². The van der Waals surface area contributed by atoms with Gasteiger partial charge in [0.2, 0.25) is 0 Å². The lowest BCUT2D eigenvalue weighted by Crippen LogP contribution is -2.45. The first-order valence-corrected chi connectivity index (χ1v) is 2.96. The molecule has 0 rings (SSSR count). The molecule has 56 valence electrons. The fourth-order valence-corrected chi connectivity index (χ4v) is 0.497. The molecule has 3 nitrogen and oxygen atoms in total. The van der Waals surface area contributed by atoms with Gasteiger partial charge in [-0.2, -0.15) is 0 Å². The molecular formula is C7H11NO2. The largest absolute Gasteiger partial charge is 0.480 e. The molecule has 10 heavy (non-hydrogen) atoms. The molecule has 0 radical (unpaired) electrons. The summed E-state index contributed by atoms with van der Waals surface area (Å²) in [4.78, 5) is 10.4. The maximum atomic E-state index is 10.4. The molecule has 0 fully saturated rings. The lowest BCUT2D eigenvalue weighted by atomic mass is 9.98. The normalized spacial score (nSPS) is 15.0. The molecule has 0 saturated carbocycles. The monoisotopic (exact) mass is 141 g/mol. The van der Waals surface area contributed by atoms with E-state index in [4.69, 9.17) is 10.8 Å². The lowest BCUT2D eigenvalue weighted by molar-refractivity contribution is -0.141. The van der Waals surface area contributed by atoms with Crippen LogP contribution in [-0.2, 0) is 4.79 Å². The summed E-state index contributed by atoms with van der Waals surface area (Å²) in [5.74, 6) is -1.05. The van der Waals surface area contributed by atoms with Crippen molar-refractivity contribution in [1.29, 1.82) is 0 Å². The van der Waals surface area contributed by atoms with Gasteiger partial charge in [-0.15, -0.1) is 5.73 Å². The highest BCUT2D eigenvalue weighted by molar-refractivity contribution is 5.80. The SMILES string of the molecule is C=C=CC(N)(CC)C(=O)O. The lowest BCUT2D eigenvalue weighted by Gasteiger charge is -2.16. The molecule has 0 aromatic rings. The minimum Gasteiger partial charge on any atom is -0.480 e. The first-order chi connectivity index (χ1) is 4.56. The molecule has 0 aliphatic heterocycles. The number of carboxylic acid groups (broad SMARTS) is 1. The van der Waals surface area contributed by atoms with Gasteiger partial charge in [0.05, 0.1) is 0 Å². The third kappa shape index (κ3) is 1.72. The van der Waals surface area contributed by atoms with Gasteiger partial charge in [0, 0.05) is 0 Å². The van der Waals surface area contributed by atoms with Gasteiger partial charge in [-0.1, -0.05) is 13.5 Å². The van der Waals surface area contributed by atoms with E-state index in [1.54, 1.807) is 6.92 Å². The van der Waals surface area contributed by atoms with Crippen LogP contribution in [0, 0.1) is 0 Å². The number of carboxylic acids is 1. The fraction of sp³-hybridized carbons (Fsp3) is 0.429. The van der Waals surface area contributed by atoms with E-state index in [0.717, 1.165) is 0 Å². The fourth-order valence-electron chi connectivity index (χ4n) is 0.497. The Balaban J connectivity index is 4.54. The van der Waals surface area contributed by atoms with Crippen molar-refractivity contribution < 1.29 is 9.90 Å². The number of hydrogen-bond donors (Lipinski definition) is 2. The second-order valence-electron chi connectivity index (χ2n) is 2.05. The summed E-state index contributed by atoms with van der Waals surface area (Å²) in [7, 11) is 0. The molecule has 1 unspecified atom stereocenters. The van der Waals surface area contributed by atoms with Gasteiger partial charge >= 0.3 is 5.97 Å². The third-order valence-corrected chi connectivity index (χ3v) is 1.34. The van der Waals surface area contributed by atoms with Crippen molar-refractivity contribution in [3.8, 4) is 0 Å². The van der Waals surface area contributed by atoms with E-state index in [0.29, 0.717) is 6.42 Å². The van der Waals surface area contributed by atoms with Crippen LogP contribution < -0.4 is 5.73 Å². The topological polar surface area (TPSA) is 63.3 Å². The first-order valence-electron chi connectivity index (χ1n) is 2.96. The summed E-state index contributed by atoms with van der Waals surface area (Å²) < 4.78 is 0. The molecule has 0 bridgehead atoms. The summed E-state index contributed by atoms with van der Waals surface area (Å²) in [5, 5.41) is 8.54. The van der Waals surface area contributed by atoms with Crippen molar-refractivity contribution in [3.05, 3.63) is 18.4 Å². The number of nitrogens with two attached hydrogens (primary N) is 1. The van der Waals surface area contributed by atoms with Crippen molar-refractivity contribution in [2.24, 2.45) is 5.73 Å². The molecule has 0 aliphatic carbocycles. The van der Waals surface area contributed by atoms with E-state index in [2.05, 4.69) is 12.3 Å². The van der Waals surface area contributed by atoms with Gasteiger partial charge in [-0.3, -0.25) is 0 Å². The van der Waals surface area contributed by atoms with Crippen LogP contribution in [-0.4, -0.2) is 16.6 Å². The van der Waals surface area contributed by atoms with Crippen LogP contribution in [0.3, 0.4) is 0 Å². The Kier molecular flexibility index (Phi) is 2.87. The number of aliphatic carboxylic acids is 1. The summed E-state index contributed by atoms with van der Waals surface area (Å²) in [6.45, 7) is 4.95. The number of hydrogen-bond acceptors (Lipinski definition) is 2. The molecule has 0 aromatic carbocycles. The Hall–Kier alpha value is -1.05. The van der Waals surface area contributed by atoms with Crippen molar-refractivity contribution in [1.82, 2.24) is 0 Å². The highest BCUT2D eigenvalue weighted by Crippen LogP contribution is 2.06. The molecule has 3 N–H and O–H groups in total. The highest BCUT2D eigenvalue weighted by atomic mass is 16.4. The average Bonchev–Trinajstić information content (AvgIpc) is 1.88. The minimum absolute atomic E-state index is 0.338. The molecule has 3 heteroatoms. The zero-order valence-electron chi connectivity index (χ0n) is 5.92. The quantitative estimate of drug-likeness (QED) is 0.563. The Morgan fingerprint density at radius 3 is 2.60 bits per heavy atom. The van der Waals surface area contributed by atoms with Gasteiger partial charge in [-0.25, -0.2) is 4.79 Å². The Labute approximate surface area is 59.8 Å². The van der Waals surface area contributed by atoms with E-state index >= 15 is 0 Å². The predicted octanol–water partition coefficient (Wildman–Crippen LogP) is 0.520. The van der Waals surface area contributed by atoms with Crippen molar-refractivity contribution >= 4 is 5.97 Å². The molecule has 0 heterocycles. The minimum atomic E-state index is -1.29. The average molecular weight is 141 g/mol. The van der Waals surface area contributed by atoms with Crippen molar-refractivity contribution in [3.63, 3.8) is 0 Å². The van der Waals surface area contributed by atoms with Crippen molar-refractivity contribution in [2.75, 3.05) is 0 Å². The molecule has 0 aromatic heterocycles. The molecule has 0 saturated heterocycles. The van der Waals surface area contributed by atoms with E-state index in [-0.39, 0.29) is 0 Å². The van der Waals surface area contributed by atoms with E-state index in [9.17, 15) is 4.79 Å². The standard InChI is InChI=1S/C7H11NO2/c1-3-5-7(8,4-2)6(9)10/h5H,1,4,8H2,2H3,(H,9,10). The van der Waals surface area contributed by atoms with Crippen LogP contribution in [0.25, 0.3) is 0 Å². The van der Waals surface area contributed by atoms with Crippen molar-refractivity contribution in [2.45, 2.75) is 18.9 Å². The van der Waals surface area contributed by atoms with Crippen LogP contribution in [0.5, 0.6) is 0 Å². The highest BCUT2D eigenvalue weighted by Gasteiger charge is 2.28. The zero-order valence-corrected chi connectivity index (χ0v) is 5.92. The van der Waals surface area contributed by atoms with Gasteiger partial charge in [-0.05, 0) is 12.5 Å². The van der Waals surface area contributed by atoms with Crippen LogP contribution in [0.15, 0.2) is 18.4 Å². The van der Waals surface area contributed by atoms with E-state index in [1.807, 2.05) is 0 Å². The second-order valence-corrected chi connectivity index (χ2v) is 2.05. The Bertz CT molecular complexity index is 178. The Morgan fingerprint density at radius 1 is 2.00 bits per heavy atom. The molecule has 1 atom stereocenters. The molecule has 0 aliphatic rings. The van der Waals surface area contributed by atoms with Gasteiger partial charge in [0.1, 0.15) is 5.54 Å². The smallest absolute Gasteiger partial charge is 0.328 e. The Morgan fingerprint density at radius 2 is 2.50 bits per heavy atom. The van der Waals surface area contributed by atoms with Crippen LogP contribution in [0.1, 0.15) is 13.3 Å². The van der Waals surface area contributed by atoms with Gasteiger partial charge < -0.3 is 10.8 Å². The van der Waals surface area contributed by atoms with E-state index < -0.39 is 11.5 Å². The van der Waals surface area contributed by atoms with Crippen LogP contribution in [0.4, 0.5) is 0 Å². The van der Waals surface area contributed by atoms with Crippen LogP contribution >= 0.6 is 0 Å². The van der Waals surface area contributed by atoms with Gasteiger partial charge in [0.15, 0.2) is 0 Å².